The number of aryl methyl sites for hydroxylation is 1. The summed E-state index contributed by atoms with van der Waals surface area (Å²) in [7, 11) is 0. The fourth-order valence-corrected chi connectivity index (χ4v) is 2.63. The van der Waals surface area contributed by atoms with Crippen molar-refractivity contribution in [1.82, 2.24) is 0 Å². The van der Waals surface area contributed by atoms with Crippen molar-refractivity contribution >= 4 is 22.9 Å². The van der Waals surface area contributed by atoms with Crippen LogP contribution in [0.25, 0.3) is 0 Å². The number of aliphatic hydroxyl groups excluding tert-OH is 1. The molecule has 1 N–H and O–H groups in total. The first kappa shape index (κ1) is 11.6. The van der Waals surface area contributed by atoms with Crippen LogP contribution in [0.3, 0.4) is 0 Å². The molecule has 1 aromatic carbocycles. The Morgan fingerprint density at radius 1 is 1.38 bits per heavy atom. The minimum absolute atomic E-state index is 0.458. The molecule has 0 aliphatic carbocycles. The molecule has 84 valence electrons. The van der Waals surface area contributed by atoms with Gasteiger partial charge in [-0.2, -0.15) is 0 Å². The van der Waals surface area contributed by atoms with E-state index in [0.717, 1.165) is 21.0 Å². The third-order valence-corrected chi connectivity index (χ3v) is 3.82. The van der Waals surface area contributed by atoms with Gasteiger partial charge in [-0.15, -0.1) is 11.3 Å². The molecular weight excluding hydrogens is 240 g/mol. The van der Waals surface area contributed by atoms with Gasteiger partial charge < -0.3 is 5.11 Å². The largest absolute Gasteiger partial charge is 0.387 e. The fraction of sp³-hybridized carbons (Fsp3) is 0.231. The Bertz CT molecular complexity index is 465. The number of thiophene rings is 1. The first-order valence-electron chi connectivity index (χ1n) is 5.13. The molecule has 0 bridgehead atoms. The van der Waals surface area contributed by atoms with Crippen LogP contribution in [0.1, 0.15) is 22.1 Å². The molecule has 0 fully saturated rings. The number of rotatable bonds is 3. The average molecular weight is 253 g/mol. The molecule has 0 amide bonds. The second-order valence-electron chi connectivity index (χ2n) is 3.83. The lowest BCUT2D eigenvalue weighted by Crippen LogP contribution is -2.00. The molecule has 2 aromatic rings. The van der Waals surface area contributed by atoms with E-state index in [1.54, 1.807) is 11.3 Å². The van der Waals surface area contributed by atoms with Crippen LogP contribution in [0.5, 0.6) is 0 Å². The Hall–Kier alpha value is -0.830. The van der Waals surface area contributed by atoms with Crippen LogP contribution >= 0.6 is 22.9 Å². The molecule has 3 heteroatoms. The first-order valence-corrected chi connectivity index (χ1v) is 6.39. The summed E-state index contributed by atoms with van der Waals surface area (Å²) in [5, 5.41) is 12.7. The van der Waals surface area contributed by atoms with E-state index >= 15 is 0 Å². The molecule has 1 aromatic heterocycles. The number of halogens is 1. The zero-order chi connectivity index (χ0) is 11.5. The lowest BCUT2D eigenvalue weighted by Gasteiger charge is -2.10. The van der Waals surface area contributed by atoms with E-state index in [0.29, 0.717) is 6.42 Å². The lowest BCUT2D eigenvalue weighted by atomic mass is 10.1. The average Bonchev–Trinajstić information content (AvgIpc) is 2.75. The molecule has 0 spiro atoms. The molecule has 0 aliphatic rings. The van der Waals surface area contributed by atoms with Crippen LogP contribution < -0.4 is 0 Å². The summed E-state index contributed by atoms with van der Waals surface area (Å²) in [6, 6.07) is 9.81. The molecule has 0 aliphatic heterocycles. The molecule has 2 rings (SSSR count). The van der Waals surface area contributed by atoms with Crippen molar-refractivity contribution in [1.29, 1.82) is 0 Å². The van der Waals surface area contributed by atoms with Gasteiger partial charge in [0.15, 0.2) is 0 Å². The smallest absolute Gasteiger partial charge is 0.0922 e. The summed E-state index contributed by atoms with van der Waals surface area (Å²) in [5.74, 6) is 0. The van der Waals surface area contributed by atoms with Crippen molar-refractivity contribution in [2.45, 2.75) is 19.4 Å². The van der Waals surface area contributed by atoms with Gasteiger partial charge in [0.05, 0.1) is 6.10 Å². The van der Waals surface area contributed by atoms with Crippen LogP contribution in [-0.2, 0) is 6.42 Å². The highest BCUT2D eigenvalue weighted by atomic mass is 35.5. The van der Waals surface area contributed by atoms with Crippen LogP contribution in [0.2, 0.25) is 5.02 Å². The van der Waals surface area contributed by atoms with E-state index in [2.05, 4.69) is 0 Å². The van der Waals surface area contributed by atoms with E-state index in [4.69, 9.17) is 11.6 Å². The van der Waals surface area contributed by atoms with Crippen molar-refractivity contribution in [2.24, 2.45) is 0 Å². The van der Waals surface area contributed by atoms with E-state index < -0.39 is 6.10 Å². The molecule has 1 unspecified atom stereocenters. The zero-order valence-corrected chi connectivity index (χ0v) is 10.6. The zero-order valence-electron chi connectivity index (χ0n) is 8.98. The second kappa shape index (κ2) is 5.00. The maximum Gasteiger partial charge on any atom is 0.0922 e. The summed E-state index contributed by atoms with van der Waals surface area (Å²) in [4.78, 5) is 0.983. The standard InChI is InChI=1S/C13H13ClOS/c1-9-4-5-10(11(14)7-9)8-12(15)13-3-2-6-16-13/h2-7,12,15H,8H2,1H3. The predicted molar refractivity (Wildman–Crippen MR) is 69.2 cm³/mol. The normalized spacial score (nSPS) is 12.7. The van der Waals surface area contributed by atoms with Crippen molar-refractivity contribution in [3.63, 3.8) is 0 Å². The van der Waals surface area contributed by atoms with Gasteiger partial charge in [-0.1, -0.05) is 29.8 Å². The number of benzene rings is 1. The Kier molecular flexibility index (Phi) is 3.64. The van der Waals surface area contributed by atoms with Gasteiger partial charge in [0.2, 0.25) is 0 Å². The summed E-state index contributed by atoms with van der Waals surface area (Å²) in [6.45, 7) is 2.01. The maximum absolute atomic E-state index is 10.0. The fourth-order valence-electron chi connectivity index (χ4n) is 1.61. The summed E-state index contributed by atoms with van der Waals surface area (Å²) >= 11 is 7.69. The van der Waals surface area contributed by atoms with Gasteiger partial charge in [-0.25, -0.2) is 0 Å². The molecule has 1 heterocycles. The van der Waals surface area contributed by atoms with Crippen LogP contribution in [0.4, 0.5) is 0 Å². The molecule has 0 saturated heterocycles. The molecule has 0 radical (unpaired) electrons. The number of aliphatic hydroxyl groups is 1. The van der Waals surface area contributed by atoms with Gasteiger partial charge >= 0.3 is 0 Å². The summed E-state index contributed by atoms with van der Waals surface area (Å²) < 4.78 is 0. The van der Waals surface area contributed by atoms with E-state index in [-0.39, 0.29) is 0 Å². The molecular formula is C13H13ClOS. The van der Waals surface area contributed by atoms with Crippen LogP contribution in [-0.4, -0.2) is 5.11 Å². The van der Waals surface area contributed by atoms with Gasteiger partial charge in [0.25, 0.3) is 0 Å². The minimum Gasteiger partial charge on any atom is -0.387 e. The van der Waals surface area contributed by atoms with Crippen molar-refractivity contribution in [3.8, 4) is 0 Å². The second-order valence-corrected chi connectivity index (χ2v) is 5.22. The van der Waals surface area contributed by atoms with Crippen molar-refractivity contribution in [3.05, 3.63) is 56.7 Å². The predicted octanol–water partition coefficient (Wildman–Crippen LogP) is 3.99. The summed E-state index contributed by atoms with van der Waals surface area (Å²) in [6.07, 6.45) is 0.111. The highest BCUT2D eigenvalue weighted by molar-refractivity contribution is 7.10. The van der Waals surface area contributed by atoms with Crippen LogP contribution in [0.15, 0.2) is 35.7 Å². The lowest BCUT2D eigenvalue weighted by molar-refractivity contribution is 0.182. The molecule has 1 nitrogen and oxygen atoms in total. The van der Waals surface area contributed by atoms with E-state index in [1.165, 1.54) is 0 Å². The Morgan fingerprint density at radius 3 is 2.81 bits per heavy atom. The number of hydrogen-bond acceptors (Lipinski definition) is 2. The topological polar surface area (TPSA) is 20.2 Å². The Morgan fingerprint density at radius 2 is 2.19 bits per heavy atom. The monoisotopic (exact) mass is 252 g/mol. The van der Waals surface area contributed by atoms with Gasteiger partial charge in [0, 0.05) is 16.3 Å². The highest BCUT2D eigenvalue weighted by Crippen LogP contribution is 2.26. The van der Waals surface area contributed by atoms with Gasteiger partial charge in [0.1, 0.15) is 0 Å². The Labute approximate surface area is 104 Å². The van der Waals surface area contributed by atoms with Gasteiger partial charge in [-0.05, 0) is 35.6 Å². The third kappa shape index (κ3) is 2.64. The van der Waals surface area contributed by atoms with E-state index in [9.17, 15) is 5.11 Å². The summed E-state index contributed by atoms with van der Waals surface area (Å²) in [5.41, 5.74) is 2.13. The quantitative estimate of drug-likeness (QED) is 0.876. The SMILES string of the molecule is Cc1ccc(CC(O)c2cccs2)c(Cl)c1. The van der Waals surface area contributed by atoms with Crippen LogP contribution in [0, 0.1) is 6.92 Å². The molecule has 0 saturated carbocycles. The molecule has 16 heavy (non-hydrogen) atoms. The number of hydrogen-bond donors (Lipinski definition) is 1. The van der Waals surface area contributed by atoms with E-state index in [1.807, 2.05) is 42.6 Å². The maximum atomic E-state index is 10.0. The highest BCUT2D eigenvalue weighted by Gasteiger charge is 2.11. The molecule has 1 atom stereocenters. The van der Waals surface area contributed by atoms with Crippen molar-refractivity contribution < 1.29 is 5.11 Å². The Balaban J connectivity index is 2.15. The van der Waals surface area contributed by atoms with Gasteiger partial charge in [-0.3, -0.25) is 0 Å². The minimum atomic E-state index is -0.458. The first-order chi connectivity index (χ1) is 7.66. The van der Waals surface area contributed by atoms with Crippen molar-refractivity contribution in [2.75, 3.05) is 0 Å². The third-order valence-electron chi connectivity index (χ3n) is 2.49.